The van der Waals surface area contributed by atoms with Crippen LogP contribution in [0.3, 0.4) is 0 Å². The topological polar surface area (TPSA) is 118 Å². The minimum Gasteiger partial charge on any atom is -0.493 e. The molecule has 0 saturated carbocycles. The number of nitrogens with one attached hydrogen (secondary N) is 3. The number of aryl methyl sites for hydroxylation is 2. The van der Waals surface area contributed by atoms with Crippen molar-refractivity contribution in [3.63, 3.8) is 0 Å². The number of aliphatic hydroxyl groups is 1. The molecule has 5 atom stereocenters. The van der Waals surface area contributed by atoms with E-state index in [4.69, 9.17) is 14.2 Å². The van der Waals surface area contributed by atoms with E-state index in [9.17, 15) is 14.7 Å². The Labute approximate surface area is 270 Å². The first kappa shape index (κ1) is 38.2. The summed E-state index contributed by atoms with van der Waals surface area (Å²) < 4.78 is 17.0. The lowest BCUT2D eigenvalue weighted by atomic mass is 9.86. The first-order chi connectivity index (χ1) is 21.5. The number of methoxy groups -OCH3 is 1. The summed E-state index contributed by atoms with van der Waals surface area (Å²) in [6.45, 7) is 14.2. The van der Waals surface area contributed by atoms with Crippen LogP contribution in [0.15, 0.2) is 42.5 Å². The van der Waals surface area contributed by atoms with Gasteiger partial charge in [-0.05, 0) is 61.9 Å². The summed E-state index contributed by atoms with van der Waals surface area (Å²) in [6, 6.07) is 13.0. The number of benzene rings is 2. The molecule has 0 fully saturated rings. The zero-order chi connectivity index (χ0) is 33.4. The van der Waals surface area contributed by atoms with E-state index in [1.165, 1.54) is 0 Å². The molecule has 0 heterocycles. The van der Waals surface area contributed by atoms with E-state index >= 15 is 0 Å². The van der Waals surface area contributed by atoms with Crippen LogP contribution in [0.4, 0.5) is 0 Å². The second kappa shape index (κ2) is 20.2. The van der Waals surface area contributed by atoms with Crippen molar-refractivity contribution in [2.24, 2.45) is 17.8 Å². The van der Waals surface area contributed by atoms with Crippen LogP contribution in [0.1, 0.15) is 69.2 Å². The van der Waals surface area contributed by atoms with Gasteiger partial charge >= 0.3 is 0 Å². The Balaban J connectivity index is 1.97. The highest BCUT2D eigenvalue weighted by atomic mass is 16.5. The number of aliphatic hydroxyl groups excluding tert-OH is 1. The Hall–Kier alpha value is -2.98. The Kier molecular flexibility index (Phi) is 17.2. The van der Waals surface area contributed by atoms with Crippen LogP contribution in [-0.2, 0) is 32.2 Å². The van der Waals surface area contributed by atoms with Gasteiger partial charge in [-0.1, -0.05) is 76.1 Å². The first-order valence-corrected chi connectivity index (χ1v) is 16.3. The number of hydrogen-bond donors (Lipinski definition) is 4. The van der Waals surface area contributed by atoms with Crippen molar-refractivity contribution in [2.75, 3.05) is 34.0 Å². The van der Waals surface area contributed by atoms with Gasteiger partial charge in [-0.2, -0.15) is 0 Å². The molecule has 0 radical (unpaired) electrons. The molecule has 2 rings (SSSR count). The highest BCUT2D eigenvalue weighted by Gasteiger charge is 2.33. The average molecular weight is 628 g/mol. The van der Waals surface area contributed by atoms with Crippen molar-refractivity contribution in [3.05, 3.63) is 64.7 Å². The maximum Gasteiger partial charge on any atom is 0.243 e. The highest BCUT2D eigenvalue weighted by molar-refractivity contribution is 5.88. The molecule has 252 valence electrons. The van der Waals surface area contributed by atoms with Gasteiger partial charge in [0.05, 0.1) is 32.0 Å². The summed E-state index contributed by atoms with van der Waals surface area (Å²) in [5.41, 5.74) is 4.18. The fourth-order valence-electron chi connectivity index (χ4n) is 5.04. The molecule has 4 N–H and O–H groups in total. The predicted octanol–water partition coefficient (Wildman–Crippen LogP) is 4.69. The Morgan fingerprint density at radius 2 is 1.64 bits per heavy atom. The number of likely N-dealkylation sites (N-methyl/N-ethyl adjacent to an activating group) is 1. The number of carbonyl (C=O) groups is 2. The van der Waals surface area contributed by atoms with Gasteiger partial charge in [0.25, 0.3) is 0 Å². The highest BCUT2D eigenvalue weighted by Crippen LogP contribution is 2.23. The van der Waals surface area contributed by atoms with E-state index in [1.54, 1.807) is 14.2 Å². The largest absolute Gasteiger partial charge is 0.493 e. The monoisotopic (exact) mass is 627 g/mol. The van der Waals surface area contributed by atoms with Gasteiger partial charge in [-0.3, -0.25) is 9.59 Å². The van der Waals surface area contributed by atoms with Gasteiger partial charge < -0.3 is 35.3 Å². The average Bonchev–Trinajstić information content (AvgIpc) is 3.02. The fraction of sp³-hybridized carbons (Fsp3) is 0.611. The molecule has 0 aliphatic heterocycles. The van der Waals surface area contributed by atoms with Crippen molar-refractivity contribution in [2.45, 2.75) is 92.1 Å². The molecule has 0 spiro atoms. The summed E-state index contributed by atoms with van der Waals surface area (Å²) >= 11 is 0. The van der Waals surface area contributed by atoms with E-state index in [-0.39, 0.29) is 42.7 Å². The fourth-order valence-corrected chi connectivity index (χ4v) is 5.04. The molecule has 0 unspecified atom stereocenters. The number of amides is 2. The summed E-state index contributed by atoms with van der Waals surface area (Å²) in [4.78, 5) is 26.8. The first-order valence-electron chi connectivity index (χ1n) is 16.3. The third-order valence-electron chi connectivity index (χ3n) is 8.42. The van der Waals surface area contributed by atoms with Crippen LogP contribution in [0.2, 0.25) is 0 Å². The Bertz CT molecular complexity index is 1160. The molecule has 9 nitrogen and oxygen atoms in total. The van der Waals surface area contributed by atoms with Gasteiger partial charge in [0.2, 0.25) is 11.8 Å². The predicted molar refractivity (Wildman–Crippen MR) is 179 cm³/mol. The quantitative estimate of drug-likeness (QED) is 0.148. The zero-order valence-electron chi connectivity index (χ0n) is 28.7. The molecule has 45 heavy (non-hydrogen) atoms. The van der Waals surface area contributed by atoms with Gasteiger partial charge in [0.15, 0.2) is 0 Å². The smallest absolute Gasteiger partial charge is 0.243 e. The molecule has 2 amide bonds. The van der Waals surface area contributed by atoms with E-state index in [2.05, 4.69) is 16.0 Å². The lowest BCUT2D eigenvalue weighted by molar-refractivity contribution is -0.134. The second-order valence-electron chi connectivity index (χ2n) is 12.4. The van der Waals surface area contributed by atoms with Crippen LogP contribution in [0.5, 0.6) is 5.75 Å². The maximum atomic E-state index is 13.6. The molecular weight excluding hydrogens is 570 g/mol. The normalized spacial score (nSPS) is 14.8. The molecular formula is C36H57N3O6. The zero-order valence-corrected chi connectivity index (χ0v) is 28.7. The summed E-state index contributed by atoms with van der Waals surface area (Å²) in [6.07, 6.45) is 0.955. The third kappa shape index (κ3) is 13.1. The molecule has 2 aromatic rings. The summed E-state index contributed by atoms with van der Waals surface area (Å²) in [7, 11) is 3.45. The molecule has 0 aromatic heterocycles. The minimum absolute atomic E-state index is 0.0406. The summed E-state index contributed by atoms with van der Waals surface area (Å²) in [5, 5.41) is 20.3. The van der Waals surface area contributed by atoms with Crippen molar-refractivity contribution in [1.29, 1.82) is 0 Å². The molecule has 9 heteroatoms. The van der Waals surface area contributed by atoms with Crippen LogP contribution in [0, 0.1) is 31.6 Å². The number of rotatable bonds is 21. The number of hydrogen-bond acceptors (Lipinski definition) is 7. The molecule has 2 aromatic carbocycles. The summed E-state index contributed by atoms with van der Waals surface area (Å²) in [5.74, 6) is -0.192. The standard InChI is InChI=1S/C36H57N3O6/c1-9-26(5)34(36(42)38-21-28-14-11-25(4)12-15-28)39-35(41)30(24(2)3)20-32(40)31(37-7)23-44-22-29-16-13-27(6)33(19-29)45-18-10-17-43-8/h11-16,19,24,26,30-32,34,37,40H,9-10,17-18,20-23H2,1-8H3,(H,38,42)(H,39,41)/t26-,30-,31-,32-,34-/m0/s1. The van der Waals surface area contributed by atoms with E-state index in [0.29, 0.717) is 26.4 Å². The lowest BCUT2D eigenvalue weighted by Gasteiger charge is -2.30. The Morgan fingerprint density at radius 3 is 2.27 bits per heavy atom. The molecule has 0 aliphatic carbocycles. The SMILES string of the molecule is CC[C@H](C)[C@H](NC(=O)[C@@H](C[C@H](O)[C@H](COCc1ccc(C)c(OCCCOC)c1)NC)C(C)C)C(=O)NCc1ccc(C)cc1. The van der Waals surface area contributed by atoms with Gasteiger partial charge in [0.1, 0.15) is 11.8 Å². The van der Waals surface area contributed by atoms with Crippen LogP contribution in [-0.4, -0.2) is 69.1 Å². The lowest BCUT2D eigenvalue weighted by Crippen LogP contribution is -2.53. The van der Waals surface area contributed by atoms with Crippen LogP contribution >= 0.6 is 0 Å². The Morgan fingerprint density at radius 1 is 0.956 bits per heavy atom. The number of ether oxygens (including phenoxy) is 3. The van der Waals surface area contributed by atoms with E-state index in [1.807, 2.05) is 84.0 Å². The van der Waals surface area contributed by atoms with Crippen LogP contribution < -0.4 is 20.7 Å². The van der Waals surface area contributed by atoms with Crippen molar-refractivity contribution < 1.29 is 28.9 Å². The van der Waals surface area contributed by atoms with Crippen molar-refractivity contribution in [1.82, 2.24) is 16.0 Å². The van der Waals surface area contributed by atoms with Gasteiger partial charge in [-0.15, -0.1) is 0 Å². The maximum absolute atomic E-state index is 13.6. The second-order valence-corrected chi connectivity index (χ2v) is 12.4. The van der Waals surface area contributed by atoms with Crippen molar-refractivity contribution in [3.8, 4) is 5.75 Å². The molecule has 0 aliphatic rings. The third-order valence-corrected chi connectivity index (χ3v) is 8.42. The molecule has 0 saturated heterocycles. The minimum atomic E-state index is -0.830. The van der Waals surface area contributed by atoms with Crippen molar-refractivity contribution >= 4 is 11.8 Å². The van der Waals surface area contributed by atoms with E-state index < -0.39 is 18.1 Å². The molecule has 0 bridgehead atoms. The number of carbonyl (C=O) groups excluding carboxylic acids is 2. The van der Waals surface area contributed by atoms with Crippen LogP contribution in [0.25, 0.3) is 0 Å². The van der Waals surface area contributed by atoms with Gasteiger partial charge in [-0.25, -0.2) is 0 Å². The van der Waals surface area contributed by atoms with Gasteiger partial charge in [0, 0.05) is 32.6 Å². The van der Waals surface area contributed by atoms with E-state index in [0.717, 1.165) is 40.8 Å².